The second kappa shape index (κ2) is 9.50. The monoisotopic (exact) mass is 278 g/mol. The van der Waals surface area contributed by atoms with Crippen LogP contribution in [0.2, 0.25) is 0 Å². The molecule has 0 fully saturated rings. The maximum Gasteiger partial charge on any atom is 0.237 e. The van der Waals surface area contributed by atoms with Gasteiger partial charge in [-0.3, -0.25) is 4.79 Å². The molecule has 0 saturated heterocycles. The highest BCUT2D eigenvalue weighted by molar-refractivity contribution is 5.81. The van der Waals surface area contributed by atoms with E-state index in [1.807, 2.05) is 18.2 Å². The summed E-state index contributed by atoms with van der Waals surface area (Å²) >= 11 is 0. The Hall–Kier alpha value is -1.39. The number of rotatable bonds is 9. The lowest BCUT2D eigenvalue weighted by atomic mass is 10.0. The van der Waals surface area contributed by atoms with Crippen molar-refractivity contribution in [2.24, 2.45) is 5.73 Å². The van der Waals surface area contributed by atoms with Gasteiger partial charge in [-0.05, 0) is 24.8 Å². The van der Waals surface area contributed by atoms with Crippen molar-refractivity contribution in [1.82, 2.24) is 5.32 Å². The van der Waals surface area contributed by atoms with Crippen molar-refractivity contribution in [3.63, 3.8) is 0 Å². The number of ether oxygens (including phenoxy) is 1. The van der Waals surface area contributed by atoms with Gasteiger partial charge in [-0.15, -0.1) is 0 Å². The summed E-state index contributed by atoms with van der Waals surface area (Å²) in [7, 11) is 1.64. The Labute approximate surface area is 121 Å². The topological polar surface area (TPSA) is 64.3 Å². The lowest BCUT2D eigenvalue weighted by molar-refractivity contribution is -0.123. The van der Waals surface area contributed by atoms with Crippen molar-refractivity contribution in [3.8, 4) is 0 Å². The van der Waals surface area contributed by atoms with Gasteiger partial charge in [0, 0.05) is 7.11 Å². The van der Waals surface area contributed by atoms with Crippen LogP contribution in [0.3, 0.4) is 0 Å². The molecule has 1 unspecified atom stereocenters. The number of nitrogens with one attached hydrogen (secondary N) is 1. The fourth-order valence-electron chi connectivity index (χ4n) is 2.15. The molecule has 0 bridgehead atoms. The van der Waals surface area contributed by atoms with E-state index in [2.05, 4.69) is 24.4 Å². The number of methoxy groups -OCH3 is 1. The molecule has 0 radical (unpaired) electrons. The molecule has 0 heterocycles. The molecule has 1 aromatic carbocycles. The molecular formula is C16H26N2O2. The molecule has 4 heteroatoms. The van der Waals surface area contributed by atoms with Crippen LogP contribution in [-0.2, 0) is 16.0 Å². The first-order valence-electron chi connectivity index (χ1n) is 7.26. The van der Waals surface area contributed by atoms with Crippen LogP contribution in [0.1, 0.15) is 31.7 Å². The quantitative estimate of drug-likeness (QED) is 0.725. The highest BCUT2D eigenvalue weighted by Crippen LogP contribution is 2.05. The lowest BCUT2D eigenvalue weighted by Crippen LogP contribution is -2.47. The minimum Gasteiger partial charge on any atom is -0.383 e. The van der Waals surface area contributed by atoms with Crippen LogP contribution >= 0.6 is 0 Å². The zero-order valence-corrected chi connectivity index (χ0v) is 12.5. The smallest absolute Gasteiger partial charge is 0.237 e. The number of hydrogen-bond acceptors (Lipinski definition) is 3. The Balaban J connectivity index is 2.37. The van der Waals surface area contributed by atoms with E-state index in [1.165, 1.54) is 5.56 Å². The molecule has 1 aromatic rings. The third kappa shape index (κ3) is 6.17. The molecule has 0 aliphatic carbocycles. The normalized spacial score (nSPS) is 13.8. The summed E-state index contributed by atoms with van der Waals surface area (Å²) < 4.78 is 5.11. The van der Waals surface area contributed by atoms with Gasteiger partial charge < -0.3 is 15.8 Å². The van der Waals surface area contributed by atoms with E-state index < -0.39 is 6.04 Å². The van der Waals surface area contributed by atoms with Gasteiger partial charge in [-0.2, -0.15) is 0 Å². The summed E-state index contributed by atoms with van der Waals surface area (Å²) in [6, 6.07) is 9.67. The zero-order chi connectivity index (χ0) is 14.8. The van der Waals surface area contributed by atoms with E-state index in [-0.39, 0.29) is 11.9 Å². The molecule has 0 aliphatic heterocycles. The number of nitrogens with two attached hydrogens (primary N) is 1. The second-order valence-corrected chi connectivity index (χ2v) is 5.08. The molecule has 20 heavy (non-hydrogen) atoms. The third-order valence-electron chi connectivity index (χ3n) is 3.27. The highest BCUT2D eigenvalue weighted by atomic mass is 16.5. The number of carbonyl (C=O) groups is 1. The van der Waals surface area contributed by atoms with Crippen LogP contribution in [-0.4, -0.2) is 31.7 Å². The number of hydrogen-bond donors (Lipinski definition) is 2. The Morgan fingerprint density at radius 1 is 1.30 bits per heavy atom. The predicted molar refractivity (Wildman–Crippen MR) is 81.5 cm³/mol. The molecule has 0 aliphatic rings. The van der Waals surface area contributed by atoms with Gasteiger partial charge in [-0.1, -0.05) is 43.7 Å². The standard InChI is InChI=1S/C16H26N2O2/c1-3-7-14(12-20-2)18-16(19)15(17)11-10-13-8-5-4-6-9-13/h4-6,8-9,14-15H,3,7,10-12,17H2,1-2H3,(H,18,19)/t14?,15-/m0/s1. The van der Waals surface area contributed by atoms with Gasteiger partial charge in [-0.25, -0.2) is 0 Å². The molecule has 1 amide bonds. The van der Waals surface area contributed by atoms with Gasteiger partial charge in [0.05, 0.1) is 18.7 Å². The predicted octanol–water partition coefficient (Wildman–Crippen LogP) is 1.88. The fraction of sp³-hybridized carbons (Fsp3) is 0.562. The molecule has 0 aromatic heterocycles. The summed E-state index contributed by atoms with van der Waals surface area (Å²) in [6.07, 6.45) is 3.39. The van der Waals surface area contributed by atoms with Crippen molar-refractivity contribution in [2.45, 2.75) is 44.7 Å². The Morgan fingerprint density at radius 3 is 2.60 bits per heavy atom. The van der Waals surface area contributed by atoms with E-state index in [0.29, 0.717) is 13.0 Å². The average Bonchev–Trinajstić information content (AvgIpc) is 2.46. The van der Waals surface area contributed by atoms with Crippen molar-refractivity contribution >= 4 is 5.91 Å². The van der Waals surface area contributed by atoms with Crippen LogP contribution < -0.4 is 11.1 Å². The number of carbonyl (C=O) groups excluding carboxylic acids is 1. The van der Waals surface area contributed by atoms with E-state index in [0.717, 1.165) is 19.3 Å². The Morgan fingerprint density at radius 2 is 2.00 bits per heavy atom. The first-order valence-corrected chi connectivity index (χ1v) is 7.26. The molecule has 2 atom stereocenters. The van der Waals surface area contributed by atoms with Crippen LogP contribution in [0, 0.1) is 0 Å². The molecule has 1 rings (SSSR count). The van der Waals surface area contributed by atoms with Crippen molar-refractivity contribution in [2.75, 3.05) is 13.7 Å². The lowest BCUT2D eigenvalue weighted by Gasteiger charge is -2.20. The maximum absolute atomic E-state index is 12.0. The molecule has 3 N–H and O–H groups in total. The SMILES string of the molecule is CCCC(COC)NC(=O)[C@@H](N)CCc1ccccc1. The number of aryl methyl sites for hydroxylation is 1. The van der Waals surface area contributed by atoms with E-state index in [1.54, 1.807) is 7.11 Å². The van der Waals surface area contributed by atoms with Gasteiger partial charge >= 0.3 is 0 Å². The summed E-state index contributed by atoms with van der Waals surface area (Å²) in [5.41, 5.74) is 7.16. The van der Waals surface area contributed by atoms with Gasteiger partial charge in [0.25, 0.3) is 0 Å². The summed E-state index contributed by atoms with van der Waals surface area (Å²) in [4.78, 5) is 12.0. The van der Waals surface area contributed by atoms with Crippen LogP contribution in [0.15, 0.2) is 30.3 Å². The molecule has 0 saturated carbocycles. The van der Waals surface area contributed by atoms with Gasteiger partial charge in [0.2, 0.25) is 5.91 Å². The van der Waals surface area contributed by atoms with Crippen LogP contribution in [0.25, 0.3) is 0 Å². The summed E-state index contributed by atoms with van der Waals surface area (Å²) in [5, 5.41) is 2.97. The molecule has 0 spiro atoms. The molecule has 4 nitrogen and oxygen atoms in total. The van der Waals surface area contributed by atoms with Gasteiger partial charge in [0.1, 0.15) is 0 Å². The van der Waals surface area contributed by atoms with E-state index >= 15 is 0 Å². The van der Waals surface area contributed by atoms with Crippen LogP contribution in [0.5, 0.6) is 0 Å². The average molecular weight is 278 g/mol. The summed E-state index contributed by atoms with van der Waals surface area (Å²) in [6.45, 7) is 2.62. The number of amides is 1. The highest BCUT2D eigenvalue weighted by Gasteiger charge is 2.17. The first kappa shape index (κ1) is 16.7. The van der Waals surface area contributed by atoms with E-state index in [9.17, 15) is 4.79 Å². The van der Waals surface area contributed by atoms with Crippen molar-refractivity contribution < 1.29 is 9.53 Å². The Bertz CT molecular complexity index is 375. The second-order valence-electron chi connectivity index (χ2n) is 5.08. The Kier molecular flexibility index (Phi) is 7.92. The van der Waals surface area contributed by atoms with Crippen LogP contribution in [0.4, 0.5) is 0 Å². The largest absolute Gasteiger partial charge is 0.383 e. The maximum atomic E-state index is 12.0. The third-order valence-corrected chi connectivity index (χ3v) is 3.27. The first-order chi connectivity index (χ1) is 9.67. The number of benzene rings is 1. The summed E-state index contributed by atoms with van der Waals surface area (Å²) in [5.74, 6) is -0.0866. The fourth-order valence-corrected chi connectivity index (χ4v) is 2.15. The molecular weight excluding hydrogens is 252 g/mol. The van der Waals surface area contributed by atoms with Crippen molar-refractivity contribution in [3.05, 3.63) is 35.9 Å². The van der Waals surface area contributed by atoms with E-state index in [4.69, 9.17) is 10.5 Å². The van der Waals surface area contributed by atoms with Gasteiger partial charge in [0.15, 0.2) is 0 Å². The minimum atomic E-state index is -0.466. The van der Waals surface area contributed by atoms with Crippen molar-refractivity contribution in [1.29, 1.82) is 0 Å². The zero-order valence-electron chi connectivity index (χ0n) is 12.5. The minimum absolute atomic E-state index is 0.0558. The molecule has 112 valence electrons.